The van der Waals surface area contributed by atoms with Crippen LogP contribution in [-0.4, -0.2) is 61.3 Å². The topological polar surface area (TPSA) is 118 Å². The number of amidine groups is 1. The molecule has 2 unspecified atom stereocenters. The molecule has 3 aliphatic rings. The summed E-state index contributed by atoms with van der Waals surface area (Å²) in [4.78, 5) is 22.1. The van der Waals surface area contributed by atoms with Crippen molar-refractivity contribution in [2.75, 3.05) is 26.2 Å². The highest BCUT2D eigenvalue weighted by Crippen LogP contribution is 2.46. The van der Waals surface area contributed by atoms with E-state index in [1.54, 1.807) is 29.2 Å². The number of carbonyl (C=O) groups is 1. The van der Waals surface area contributed by atoms with Gasteiger partial charge < -0.3 is 14.5 Å². The van der Waals surface area contributed by atoms with E-state index in [0.717, 1.165) is 47.0 Å². The van der Waals surface area contributed by atoms with Gasteiger partial charge in [-0.25, -0.2) is 5.14 Å². The third kappa shape index (κ3) is 7.65. The van der Waals surface area contributed by atoms with Crippen molar-refractivity contribution >= 4 is 61.3 Å². The summed E-state index contributed by atoms with van der Waals surface area (Å²) in [6.45, 7) is 2.26. The van der Waals surface area contributed by atoms with Gasteiger partial charge in [-0.2, -0.15) is 8.42 Å². The molecule has 2 fully saturated rings. The molecule has 1 amide bonds. The Balaban J connectivity index is 1.12. The number of ether oxygens (including phenoxy) is 1. The summed E-state index contributed by atoms with van der Waals surface area (Å²) in [5.74, 6) is 0.881. The molecule has 0 saturated carbocycles. The lowest BCUT2D eigenvalue weighted by Crippen LogP contribution is -2.41. The molecule has 2 saturated heterocycles. The van der Waals surface area contributed by atoms with Crippen LogP contribution >= 0.6 is 39.1 Å². The Labute approximate surface area is 282 Å². The molecule has 1 aromatic heterocycles. The lowest BCUT2D eigenvalue weighted by molar-refractivity contribution is -0.133. The van der Waals surface area contributed by atoms with Gasteiger partial charge in [-0.1, -0.05) is 45.8 Å². The van der Waals surface area contributed by atoms with Gasteiger partial charge in [0.1, 0.15) is 5.75 Å². The Morgan fingerprint density at radius 1 is 1.02 bits per heavy atom. The fourth-order valence-electron chi connectivity index (χ4n) is 6.91. The second kappa shape index (κ2) is 13.6. The molecule has 1 aliphatic carbocycles. The van der Waals surface area contributed by atoms with Crippen LogP contribution < -0.4 is 9.88 Å². The first kappa shape index (κ1) is 32.2. The number of likely N-dealkylation sites (tertiary alicyclic amines) is 2. The summed E-state index contributed by atoms with van der Waals surface area (Å²) in [5, 5.41) is 6.53. The molecule has 3 aromatic rings. The minimum Gasteiger partial charge on any atom is -0.425 e. The van der Waals surface area contributed by atoms with Crippen molar-refractivity contribution in [2.45, 2.75) is 44.4 Å². The first-order chi connectivity index (χ1) is 21.5. The molecule has 0 bridgehead atoms. The zero-order chi connectivity index (χ0) is 31.7. The number of piperidine rings is 1. The molecule has 0 radical (unpaired) electrons. The van der Waals surface area contributed by atoms with Crippen molar-refractivity contribution in [1.29, 1.82) is 0 Å². The van der Waals surface area contributed by atoms with Crippen LogP contribution in [0.15, 0.2) is 63.6 Å². The molecular weight excluding hydrogens is 701 g/mol. The number of para-hydroxylation sites is 1. The minimum absolute atomic E-state index is 0.0251. The number of benzene rings is 2. The predicted octanol–water partition coefficient (Wildman–Crippen LogP) is 5.97. The number of aromatic nitrogens is 1. The molecular formula is C32H34BrCl2N5O4S. The molecule has 238 valence electrons. The monoisotopic (exact) mass is 733 g/mol. The number of hydrogen-bond acceptors (Lipinski definition) is 5. The summed E-state index contributed by atoms with van der Waals surface area (Å²) in [6.07, 6.45) is 6.29. The van der Waals surface area contributed by atoms with Crippen LogP contribution in [0.3, 0.4) is 0 Å². The largest absolute Gasteiger partial charge is 0.425 e. The van der Waals surface area contributed by atoms with E-state index >= 15 is 0 Å². The van der Waals surface area contributed by atoms with Crippen molar-refractivity contribution in [3.8, 4) is 5.75 Å². The van der Waals surface area contributed by atoms with Crippen LogP contribution in [0.1, 0.15) is 54.0 Å². The van der Waals surface area contributed by atoms with Crippen molar-refractivity contribution in [3.05, 3.63) is 91.6 Å². The fraction of sp³-hybridized carbons (Fsp3) is 0.406. The number of carbonyl (C=O) groups excluding carboxylic acids is 1. The molecule has 2 atom stereocenters. The minimum atomic E-state index is -4.18. The van der Waals surface area contributed by atoms with Gasteiger partial charge in [-0.05, 0) is 107 Å². The lowest BCUT2D eigenvalue weighted by atomic mass is 9.76. The molecule has 45 heavy (non-hydrogen) atoms. The third-order valence-electron chi connectivity index (χ3n) is 8.96. The number of pyridine rings is 1. The summed E-state index contributed by atoms with van der Waals surface area (Å²) in [7, 11) is -4.18. The summed E-state index contributed by atoms with van der Waals surface area (Å²) in [5.41, 5.74) is 4.55. The molecule has 2 aliphatic heterocycles. The van der Waals surface area contributed by atoms with Crippen molar-refractivity contribution < 1.29 is 17.9 Å². The molecule has 0 spiro atoms. The predicted molar refractivity (Wildman–Crippen MR) is 179 cm³/mol. The van der Waals surface area contributed by atoms with Crippen LogP contribution in [-0.2, 0) is 27.8 Å². The van der Waals surface area contributed by atoms with Crippen LogP contribution in [0.25, 0.3) is 0 Å². The number of amides is 1. The Hall–Kier alpha value is -2.70. The second-order valence-corrected chi connectivity index (χ2v) is 14.9. The fourth-order valence-corrected chi connectivity index (χ4v) is 8.31. The molecule has 2 N–H and O–H groups in total. The second-order valence-electron chi connectivity index (χ2n) is 12.0. The van der Waals surface area contributed by atoms with E-state index in [2.05, 4.69) is 26.4 Å². The number of aryl methyl sites for hydroxylation is 2. The number of hydrogen-bond donors (Lipinski definition) is 1. The standard InChI is InChI=1S/C32H34BrCl2N5O4S/c33-24-15-23-7-6-22-16-25(34)17-27(35)29(22)30(31(23)37-18-24)21-9-12-39(13-10-21)28(41)14-20-8-11-40(19-20)32(38-45(36,42)43)44-26-4-2-1-3-5-26/h1-5,15-18,20-21,30H,6-14,19H2,(H2,36,42,43)/b38-32+. The van der Waals surface area contributed by atoms with Crippen LogP contribution in [0.5, 0.6) is 5.75 Å². The summed E-state index contributed by atoms with van der Waals surface area (Å²) < 4.78 is 34.0. The smallest absolute Gasteiger partial charge is 0.321 e. The van der Waals surface area contributed by atoms with Crippen molar-refractivity contribution in [2.24, 2.45) is 21.4 Å². The van der Waals surface area contributed by atoms with Gasteiger partial charge in [-0.15, -0.1) is 0 Å². The van der Waals surface area contributed by atoms with Gasteiger partial charge in [0.05, 0.1) is 5.69 Å². The van der Waals surface area contributed by atoms with Crippen LogP contribution in [0, 0.1) is 11.8 Å². The van der Waals surface area contributed by atoms with E-state index in [9.17, 15) is 13.2 Å². The Morgan fingerprint density at radius 2 is 1.73 bits per heavy atom. The highest BCUT2D eigenvalue weighted by atomic mass is 79.9. The number of nitrogens with two attached hydrogens (primary N) is 1. The van der Waals surface area contributed by atoms with Gasteiger partial charge in [0.15, 0.2) is 0 Å². The average molecular weight is 736 g/mol. The highest BCUT2D eigenvalue weighted by Gasteiger charge is 2.37. The first-order valence-corrected chi connectivity index (χ1v) is 18.1. The number of nitrogens with zero attached hydrogens (tertiary/aromatic N) is 4. The maximum absolute atomic E-state index is 13.5. The van der Waals surface area contributed by atoms with Gasteiger partial charge in [0.2, 0.25) is 5.91 Å². The Kier molecular flexibility index (Phi) is 9.73. The van der Waals surface area contributed by atoms with E-state index < -0.39 is 10.2 Å². The van der Waals surface area contributed by atoms with Gasteiger partial charge >= 0.3 is 16.2 Å². The molecule has 13 heteroatoms. The van der Waals surface area contributed by atoms with Crippen molar-refractivity contribution in [1.82, 2.24) is 14.8 Å². The maximum Gasteiger partial charge on any atom is 0.321 e. The summed E-state index contributed by atoms with van der Waals surface area (Å²) in [6, 6.07) is 14.8. The SMILES string of the molecule is NS(=O)(=O)/N=C(/Oc1ccccc1)N1CCC(CC(=O)N2CCC(C3c4ncc(Br)cc4CCc4cc(Cl)cc(Cl)c43)CC2)C1. The van der Waals surface area contributed by atoms with E-state index in [1.807, 2.05) is 29.3 Å². The van der Waals surface area contributed by atoms with Crippen molar-refractivity contribution in [3.63, 3.8) is 0 Å². The first-order valence-electron chi connectivity index (χ1n) is 15.0. The molecule has 2 aromatic carbocycles. The zero-order valence-corrected chi connectivity index (χ0v) is 28.5. The summed E-state index contributed by atoms with van der Waals surface area (Å²) >= 11 is 16.9. The van der Waals surface area contributed by atoms with Gasteiger partial charge in [0.25, 0.3) is 0 Å². The van der Waals surface area contributed by atoms with E-state index in [4.69, 9.17) is 38.1 Å². The Morgan fingerprint density at radius 3 is 2.47 bits per heavy atom. The molecule has 9 nitrogen and oxygen atoms in total. The average Bonchev–Trinajstić information content (AvgIpc) is 3.39. The van der Waals surface area contributed by atoms with Crippen LogP contribution in [0.4, 0.5) is 0 Å². The van der Waals surface area contributed by atoms with Crippen LogP contribution in [0.2, 0.25) is 10.0 Å². The molecule has 6 rings (SSSR count). The highest BCUT2D eigenvalue weighted by molar-refractivity contribution is 9.10. The third-order valence-corrected chi connectivity index (χ3v) is 10.3. The Bertz CT molecular complexity index is 1720. The quantitative estimate of drug-likeness (QED) is 0.255. The molecule has 3 heterocycles. The van der Waals surface area contributed by atoms with Gasteiger partial charge in [-0.3, -0.25) is 9.78 Å². The van der Waals surface area contributed by atoms with E-state index in [-0.39, 0.29) is 29.7 Å². The van der Waals surface area contributed by atoms with Gasteiger partial charge in [0, 0.05) is 59.2 Å². The zero-order valence-electron chi connectivity index (χ0n) is 24.5. The maximum atomic E-state index is 13.5. The number of rotatable bonds is 5. The normalized spacial score (nSPS) is 20.8. The van der Waals surface area contributed by atoms with E-state index in [0.29, 0.717) is 54.8 Å². The number of fused-ring (bicyclic) bond motifs is 2. The van der Waals surface area contributed by atoms with E-state index in [1.165, 1.54) is 5.56 Å². The lowest BCUT2D eigenvalue weighted by Gasteiger charge is -2.37. The number of halogens is 3.